The van der Waals surface area contributed by atoms with Gasteiger partial charge in [-0.2, -0.15) is 5.10 Å². The summed E-state index contributed by atoms with van der Waals surface area (Å²) >= 11 is 0. The van der Waals surface area contributed by atoms with Crippen LogP contribution in [0.2, 0.25) is 0 Å². The van der Waals surface area contributed by atoms with Crippen LogP contribution in [-0.2, 0) is 11.3 Å². The number of nitrogens with zero attached hydrogens (tertiary/aromatic N) is 2. The molecule has 0 aliphatic carbocycles. The summed E-state index contributed by atoms with van der Waals surface area (Å²) in [5.74, 6) is 0.945. The number of methoxy groups -OCH3 is 2. The zero-order valence-corrected chi connectivity index (χ0v) is 15.3. The van der Waals surface area contributed by atoms with Gasteiger partial charge in [-0.1, -0.05) is 42.5 Å². The van der Waals surface area contributed by atoms with Crippen molar-refractivity contribution in [3.63, 3.8) is 0 Å². The van der Waals surface area contributed by atoms with Gasteiger partial charge in [-0.3, -0.25) is 9.48 Å². The van der Waals surface area contributed by atoms with Crippen molar-refractivity contribution in [1.29, 1.82) is 0 Å². The molecule has 0 aliphatic heterocycles. The van der Waals surface area contributed by atoms with E-state index in [1.54, 1.807) is 43.4 Å². The minimum absolute atomic E-state index is 0.251. The molecule has 27 heavy (non-hydrogen) atoms. The summed E-state index contributed by atoms with van der Waals surface area (Å²) in [5, 5.41) is 7.08. The number of rotatable bonds is 7. The van der Waals surface area contributed by atoms with Gasteiger partial charge in [0.25, 0.3) is 0 Å². The van der Waals surface area contributed by atoms with Crippen LogP contribution in [0.3, 0.4) is 0 Å². The lowest BCUT2D eigenvalue weighted by Gasteiger charge is -2.09. The quantitative estimate of drug-likeness (QED) is 0.652. The molecule has 0 aliphatic rings. The maximum atomic E-state index is 12.2. The fraction of sp³-hybridized carbons (Fsp3) is 0.143. The van der Waals surface area contributed by atoms with Crippen LogP contribution < -0.4 is 14.8 Å². The van der Waals surface area contributed by atoms with E-state index in [1.165, 1.54) is 6.08 Å². The lowest BCUT2D eigenvalue weighted by atomic mass is 10.1. The molecule has 6 heteroatoms. The van der Waals surface area contributed by atoms with Crippen LogP contribution in [0.4, 0.5) is 5.69 Å². The average Bonchev–Trinajstić information content (AvgIpc) is 3.13. The van der Waals surface area contributed by atoms with Crippen molar-refractivity contribution in [3.05, 3.63) is 78.1 Å². The molecule has 0 fully saturated rings. The van der Waals surface area contributed by atoms with Crippen molar-refractivity contribution in [2.75, 3.05) is 19.5 Å². The molecule has 0 unspecified atom stereocenters. The Kier molecular flexibility index (Phi) is 5.89. The lowest BCUT2D eigenvalue weighted by molar-refractivity contribution is -0.111. The third kappa shape index (κ3) is 4.76. The number of anilines is 1. The first kappa shape index (κ1) is 18.3. The standard InChI is InChI=1S/C21H21N3O3/c1-26-19-10-6-9-17(21(19)27-2)11-12-20(25)23-18-13-22-24(15-18)14-16-7-4-3-5-8-16/h3-13,15H,14H2,1-2H3,(H,23,25)/b12-11+. The van der Waals surface area contributed by atoms with Crippen molar-refractivity contribution in [3.8, 4) is 11.5 Å². The summed E-state index contributed by atoms with van der Waals surface area (Å²) < 4.78 is 12.4. The topological polar surface area (TPSA) is 65.4 Å². The molecule has 0 radical (unpaired) electrons. The van der Waals surface area contributed by atoms with Gasteiger partial charge in [0.05, 0.1) is 32.6 Å². The van der Waals surface area contributed by atoms with Crippen LogP contribution in [0, 0.1) is 0 Å². The Morgan fingerprint density at radius 1 is 1.11 bits per heavy atom. The Morgan fingerprint density at radius 2 is 1.93 bits per heavy atom. The molecule has 6 nitrogen and oxygen atoms in total. The van der Waals surface area contributed by atoms with E-state index in [0.717, 1.165) is 11.1 Å². The van der Waals surface area contributed by atoms with Gasteiger partial charge in [0.2, 0.25) is 5.91 Å². The van der Waals surface area contributed by atoms with E-state index in [2.05, 4.69) is 10.4 Å². The zero-order chi connectivity index (χ0) is 19.1. The highest BCUT2D eigenvalue weighted by atomic mass is 16.5. The van der Waals surface area contributed by atoms with Crippen LogP contribution in [0.15, 0.2) is 67.0 Å². The Balaban J connectivity index is 1.64. The first-order chi connectivity index (χ1) is 13.2. The van der Waals surface area contributed by atoms with Crippen molar-refractivity contribution in [2.24, 2.45) is 0 Å². The number of aromatic nitrogens is 2. The number of hydrogen-bond donors (Lipinski definition) is 1. The number of amides is 1. The number of ether oxygens (including phenoxy) is 2. The van der Waals surface area contributed by atoms with Crippen molar-refractivity contribution in [1.82, 2.24) is 9.78 Å². The summed E-state index contributed by atoms with van der Waals surface area (Å²) in [7, 11) is 3.14. The molecule has 2 aromatic carbocycles. The number of hydrogen-bond acceptors (Lipinski definition) is 4. The van der Waals surface area contributed by atoms with Gasteiger partial charge in [0.15, 0.2) is 11.5 Å². The second-order valence-corrected chi connectivity index (χ2v) is 5.82. The molecule has 3 rings (SSSR count). The SMILES string of the molecule is COc1cccc(/C=C/C(=O)Nc2cnn(Cc3ccccc3)c2)c1OC. The minimum atomic E-state index is -0.251. The smallest absolute Gasteiger partial charge is 0.248 e. The first-order valence-corrected chi connectivity index (χ1v) is 8.46. The van der Waals surface area contributed by atoms with Gasteiger partial charge in [-0.05, 0) is 17.7 Å². The van der Waals surface area contributed by atoms with E-state index >= 15 is 0 Å². The highest BCUT2D eigenvalue weighted by Gasteiger charge is 2.08. The number of para-hydroxylation sites is 1. The van der Waals surface area contributed by atoms with E-state index < -0.39 is 0 Å². The van der Waals surface area contributed by atoms with Gasteiger partial charge in [-0.25, -0.2) is 0 Å². The maximum absolute atomic E-state index is 12.2. The molecule has 0 bridgehead atoms. The summed E-state index contributed by atoms with van der Waals surface area (Å²) in [6.07, 6.45) is 6.56. The fourth-order valence-corrected chi connectivity index (χ4v) is 2.68. The highest BCUT2D eigenvalue weighted by Crippen LogP contribution is 2.31. The number of carbonyl (C=O) groups is 1. The van der Waals surface area contributed by atoms with E-state index in [4.69, 9.17) is 9.47 Å². The van der Waals surface area contributed by atoms with Crippen molar-refractivity contribution < 1.29 is 14.3 Å². The summed E-state index contributed by atoms with van der Waals surface area (Å²) in [6, 6.07) is 15.5. The second kappa shape index (κ2) is 8.71. The predicted molar refractivity (Wildman–Crippen MR) is 105 cm³/mol. The predicted octanol–water partition coefficient (Wildman–Crippen LogP) is 3.60. The third-order valence-electron chi connectivity index (χ3n) is 3.94. The highest BCUT2D eigenvalue weighted by molar-refractivity contribution is 6.02. The monoisotopic (exact) mass is 363 g/mol. The molecule has 1 N–H and O–H groups in total. The molecule has 0 spiro atoms. The summed E-state index contributed by atoms with van der Waals surface area (Å²) in [6.45, 7) is 0.646. The maximum Gasteiger partial charge on any atom is 0.248 e. The molecule has 1 aromatic heterocycles. The normalized spacial score (nSPS) is 10.7. The van der Waals surface area contributed by atoms with E-state index in [1.807, 2.05) is 42.5 Å². The van der Waals surface area contributed by atoms with Crippen LogP contribution in [0.1, 0.15) is 11.1 Å². The molecule has 0 atom stereocenters. The van der Waals surface area contributed by atoms with Gasteiger partial charge in [-0.15, -0.1) is 0 Å². The van der Waals surface area contributed by atoms with Crippen LogP contribution in [0.25, 0.3) is 6.08 Å². The molecule has 1 heterocycles. The lowest BCUT2D eigenvalue weighted by Crippen LogP contribution is -2.07. The Bertz CT molecular complexity index is 933. The third-order valence-corrected chi connectivity index (χ3v) is 3.94. The zero-order valence-electron chi connectivity index (χ0n) is 15.3. The molecular weight excluding hydrogens is 342 g/mol. The number of benzene rings is 2. The Labute approximate surface area is 158 Å². The van der Waals surface area contributed by atoms with E-state index in [0.29, 0.717) is 23.7 Å². The van der Waals surface area contributed by atoms with E-state index in [-0.39, 0.29) is 5.91 Å². The molecule has 3 aromatic rings. The first-order valence-electron chi connectivity index (χ1n) is 8.46. The largest absolute Gasteiger partial charge is 0.493 e. The van der Waals surface area contributed by atoms with Gasteiger partial charge < -0.3 is 14.8 Å². The van der Waals surface area contributed by atoms with Gasteiger partial charge >= 0.3 is 0 Å². The number of carbonyl (C=O) groups excluding carboxylic acids is 1. The Morgan fingerprint density at radius 3 is 2.67 bits per heavy atom. The number of nitrogens with one attached hydrogen (secondary N) is 1. The summed E-state index contributed by atoms with van der Waals surface area (Å²) in [4.78, 5) is 12.2. The van der Waals surface area contributed by atoms with Crippen molar-refractivity contribution in [2.45, 2.75) is 6.54 Å². The van der Waals surface area contributed by atoms with Crippen molar-refractivity contribution >= 4 is 17.7 Å². The molecule has 0 saturated heterocycles. The molecular formula is C21H21N3O3. The van der Waals surface area contributed by atoms with Gasteiger partial charge in [0, 0.05) is 17.8 Å². The molecule has 0 saturated carbocycles. The summed E-state index contributed by atoms with van der Waals surface area (Å²) in [5.41, 5.74) is 2.54. The second-order valence-electron chi connectivity index (χ2n) is 5.82. The van der Waals surface area contributed by atoms with E-state index in [9.17, 15) is 4.79 Å². The minimum Gasteiger partial charge on any atom is -0.493 e. The fourth-order valence-electron chi connectivity index (χ4n) is 2.68. The van der Waals surface area contributed by atoms with Crippen LogP contribution >= 0.6 is 0 Å². The Hall–Kier alpha value is -3.54. The molecule has 1 amide bonds. The van der Waals surface area contributed by atoms with Gasteiger partial charge in [0.1, 0.15) is 0 Å². The molecule has 138 valence electrons. The average molecular weight is 363 g/mol. The van der Waals surface area contributed by atoms with Crippen LogP contribution in [0.5, 0.6) is 11.5 Å². The van der Waals surface area contributed by atoms with Crippen LogP contribution in [-0.4, -0.2) is 29.9 Å².